The van der Waals surface area contributed by atoms with Gasteiger partial charge in [0.2, 0.25) is 0 Å². The van der Waals surface area contributed by atoms with Crippen molar-refractivity contribution >= 4 is 17.7 Å². The third-order valence-corrected chi connectivity index (χ3v) is 4.33. The molecular weight excluding hydrogens is 274 g/mol. The SMILES string of the molecule is Cc1c(C(=O)NC2CC(C(=O)O)C2)oc2c1C(=O)CCC2. The number of amides is 1. The maximum Gasteiger partial charge on any atom is 0.306 e. The van der Waals surface area contributed by atoms with Gasteiger partial charge in [0.05, 0.1) is 11.5 Å². The first kappa shape index (κ1) is 13.9. The predicted octanol–water partition coefficient (Wildman–Crippen LogP) is 1.70. The van der Waals surface area contributed by atoms with E-state index in [1.165, 1.54) is 0 Å². The summed E-state index contributed by atoms with van der Waals surface area (Å²) in [6.07, 6.45) is 2.82. The van der Waals surface area contributed by atoms with Gasteiger partial charge in [-0.1, -0.05) is 0 Å². The Balaban J connectivity index is 1.72. The van der Waals surface area contributed by atoms with Gasteiger partial charge in [0.15, 0.2) is 11.5 Å². The largest absolute Gasteiger partial charge is 0.481 e. The van der Waals surface area contributed by atoms with E-state index >= 15 is 0 Å². The van der Waals surface area contributed by atoms with Crippen LogP contribution in [0.1, 0.15) is 57.9 Å². The van der Waals surface area contributed by atoms with Crippen LogP contribution in [0.25, 0.3) is 0 Å². The second-order valence-electron chi connectivity index (χ2n) is 5.81. The zero-order valence-electron chi connectivity index (χ0n) is 11.8. The van der Waals surface area contributed by atoms with Gasteiger partial charge in [0.1, 0.15) is 5.76 Å². The Morgan fingerprint density at radius 3 is 2.62 bits per heavy atom. The van der Waals surface area contributed by atoms with E-state index in [9.17, 15) is 14.4 Å². The van der Waals surface area contributed by atoms with Crippen LogP contribution in [-0.4, -0.2) is 28.8 Å². The van der Waals surface area contributed by atoms with Gasteiger partial charge < -0.3 is 14.8 Å². The molecule has 2 aliphatic carbocycles. The van der Waals surface area contributed by atoms with E-state index < -0.39 is 5.97 Å². The summed E-state index contributed by atoms with van der Waals surface area (Å²) in [4.78, 5) is 34.8. The molecule has 6 nitrogen and oxygen atoms in total. The van der Waals surface area contributed by atoms with Crippen molar-refractivity contribution in [2.45, 2.75) is 45.1 Å². The molecule has 1 fully saturated rings. The van der Waals surface area contributed by atoms with E-state index in [2.05, 4.69) is 5.32 Å². The van der Waals surface area contributed by atoms with Gasteiger partial charge in [-0.2, -0.15) is 0 Å². The smallest absolute Gasteiger partial charge is 0.306 e. The number of carboxylic acids is 1. The first-order chi connectivity index (χ1) is 9.97. The van der Waals surface area contributed by atoms with Gasteiger partial charge in [0, 0.05) is 24.4 Å². The molecule has 2 N–H and O–H groups in total. The van der Waals surface area contributed by atoms with E-state index in [1.54, 1.807) is 6.92 Å². The maximum atomic E-state index is 12.2. The normalized spacial score (nSPS) is 24.1. The fraction of sp³-hybridized carbons (Fsp3) is 0.533. The average molecular weight is 291 g/mol. The zero-order valence-corrected chi connectivity index (χ0v) is 11.8. The highest BCUT2D eigenvalue weighted by atomic mass is 16.4. The lowest BCUT2D eigenvalue weighted by Gasteiger charge is -2.32. The van der Waals surface area contributed by atoms with Crippen molar-refractivity contribution in [1.29, 1.82) is 0 Å². The number of hydrogen-bond acceptors (Lipinski definition) is 4. The standard InChI is InChI=1S/C15H17NO5/c1-7-12-10(17)3-2-4-11(12)21-13(7)14(18)16-9-5-8(6-9)15(19)20/h8-9H,2-6H2,1H3,(H,16,18)(H,19,20). The van der Waals surface area contributed by atoms with Crippen LogP contribution in [0.2, 0.25) is 0 Å². The molecular formula is C15H17NO5. The van der Waals surface area contributed by atoms with Crippen LogP contribution in [0.15, 0.2) is 4.42 Å². The van der Waals surface area contributed by atoms with Crippen molar-refractivity contribution in [3.63, 3.8) is 0 Å². The van der Waals surface area contributed by atoms with Gasteiger partial charge in [-0.05, 0) is 26.2 Å². The average Bonchev–Trinajstić information content (AvgIpc) is 2.71. The van der Waals surface area contributed by atoms with Crippen LogP contribution >= 0.6 is 0 Å². The Kier molecular flexibility index (Phi) is 3.31. The number of hydrogen-bond donors (Lipinski definition) is 2. The Morgan fingerprint density at radius 1 is 1.29 bits per heavy atom. The maximum absolute atomic E-state index is 12.2. The number of aryl methyl sites for hydroxylation is 1. The molecule has 0 aromatic carbocycles. The van der Waals surface area contributed by atoms with Crippen LogP contribution in [0.3, 0.4) is 0 Å². The van der Waals surface area contributed by atoms with E-state index in [4.69, 9.17) is 9.52 Å². The quantitative estimate of drug-likeness (QED) is 0.883. The van der Waals surface area contributed by atoms with E-state index in [0.717, 1.165) is 6.42 Å². The van der Waals surface area contributed by atoms with Gasteiger partial charge in [-0.25, -0.2) is 0 Å². The summed E-state index contributed by atoms with van der Waals surface area (Å²) in [6, 6.07) is -0.129. The molecule has 0 spiro atoms. The van der Waals surface area contributed by atoms with Gasteiger partial charge >= 0.3 is 5.97 Å². The molecule has 1 heterocycles. The van der Waals surface area contributed by atoms with E-state index in [-0.39, 0.29) is 29.4 Å². The highest BCUT2D eigenvalue weighted by molar-refractivity contribution is 6.03. The van der Waals surface area contributed by atoms with Crippen molar-refractivity contribution in [3.05, 3.63) is 22.6 Å². The van der Waals surface area contributed by atoms with Crippen LogP contribution in [0, 0.1) is 12.8 Å². The van der Waals surface area contributed by atoms with Crippen LogP contribution in [0.5, 0.6) is 0 Å². The Morgan fingerprint density at radius 2 is 2.00 bits per heavy atom. The molecule has 0 aliphatic heterocycles. The lowest BCUT2D eigenvalue weighted by atomic mass is 9.80. The van der Waals surface area contributed by atoms with Crippen molar-refractivity contribution in [2.75, 3.05) is 0 Å². The topological polar surface area (TPSA) is 96.6 Å². The molecule has 0 atom stereocenters. The number of aliphatic carboxylic acids is 1. The first-order valence-electron chi connectivity index (χ1n) is 7.16. The van der Waals surface area contributed by atoms with Crippen LogP contribution < -0.4 is 5.32 Å². The lowest BCUT2D eigenvalue weighted by molar-refractivity contribution is -0.145. The number of furan rings is 1. The number of ketones is 1. The highest BCUT2D eigenvalue weighted by Crippen LogP contribution is 2.31. The van der Waals surface area contributed by atoms with Gasteiger partial charge in [-0.15, -0.1) is 0 Å². The van der Waals surface area contributed by atoms with Gasteiger partial charge in [0.25, 0.3) is 5.91 Å². The molecule has 1 saturated carbocycles. The number of carbonyl (C=O) groups is 3. The Hall–Kier alpha value is -2.11. The van der Waals surface area contributed by atoms with Crippen molar-refractivity contribution < 1.29 is 23.9 Å². The fourth-order valence-electron chi connectivity index (χ4n) is 3.05. The summed E-state index contributed by atoms with van der Waals surface area (Å²) in [5.74, 6) is -0.729. The van der Waals surface area contributed by atoms with E-state index in [0.29, 0.717) is 42.6 Å². The third kappa shape index (κ3) is 2.34. The summed E-state index contributed by atoms with van der Waals surface area (Å²) >= 11 is 0. The monoisotopic (exact) mass is 291 g/mol. The number of fused-ring (bicyclic) bond motifs is 1. The van der Waals surface area contributed by atoms with E-state index in [1.807, 2.05) is 0 Å². The summed E-state index contributed by atoms with van der Waals surface area (Å²) in [5, 5.41) is 11.6. The summed E-state index contributed by atoms with van der Waals surface area (Å²) in [6.45, 7) is 1.72. The molecule has 1 aromatic rings. The van der Waals surface area contributed by atoms with Crippen LogP contribution in [-0.2, 0) is 11.2 Å². The number of Topliss-reactive ketones (excluding diaryl/α,β-unsaturated/α-hetero) is 1. The van der Waals surface area contributed by atoms with Crippen molar-refractivity contribution in [1.82, 2.24) is 5.32 Å². The second kappa shape index (κ2) is 5.02. The molecule has 6 heteroatoms. The molecule has 112 valence electrons. The fourth-order valence-corrected chi connectivity index (χ4v) is 3.05. The predicted molar refractivity (Wildman–Crippen MR) is 72.3 cm³/mol. The minimum atomic E-state index is -0.823. The minimum absolute atomic E-state index is 0.0335. The molecule has 1 aromatic heterocycles. The zero-order chi connectivity index (χ0) is 15.1. The molecule has 21 heavy (non-hydrogen) atoms. The Bertz CT molecular complexity index is 624. The second-order valence-corrected chi connectivity index (χ2v) is 5.81. The molecule has 0 unspecified atom stereocenters. The molecule has 0 radical (unpaired) electrons. The third-order valence-electron chi connectivity index (χ3n) is 4.33. The number of nitrogens with one attached hydrogen (secondary N) is 1. The molecule has 1 amide bonds. The molecule has 0 bridgehead atoms. The Labute approximate surface area is 121 Å². The molecule has 2 aliphatic rings. The number of carbonyl (C=O) groups excluding carboxylic acids is 2. The van der Waals surface area contributed by atoms with Crippen LogP contribution in [0.4, 0.5) is 0 Å². The summed E-state index contributed by atoms with van der Waals surface area (Å²) in [5.41, 5.74) is 1.16. The van der Waals surface area contributed by atoms with Gasteiger partial charge in [-0.3, -0.25) is 14.4 Å². The van der Waals surface area contributed by atoms with Crippen molar-refractivity contribution in [2.24, 2.45) is 5.92 Å². The summed E-state index contributed by atoms with van der Waals surface area (Å²) < 4.78 is 5.56. The molecule has 3 rings (SSSR count). The summed E-state index contributed by atoms with van der Waals surface area (Å²) in [7, 11) is 0. The minimum Gasteiger partial charge on any atom is -0.481 e. The van der Waals surface area contributed by atoms with Crippen molar-refractivity contribution in [3.8, 4) is 0 Å². The lowest BCUT2D eigenvalue weighted by Crippen LogP contribution is -2.46. The number of carboxylic acid groups (broad SMARTS) is 1. The highest BCUT2D eigenvalue weighted by Gasteiger charge is 2.36. The first-order valence-corrected chi connectivity index (χ1v) is 7.16. The molecule has 0 saturated heterocycles. The number of rotatable bonds is 3.